The molecule has 1 saturated heterocycles. The highest BCUT2D eigenvalue weighted by atomic mass is 32.2. The van der Waals surface area contributed by atoms with Crippen LogP contribution in [0.15, 0.2) is 240 Å². The van der Waals surface area contributed by atoms with Crippen LogP contribution in [0.3, 0.4) is 0 Å². The fourth-order valence-electron chi connectivity index (χ4n) is 9.61. The van der Waals surface area contributed by atoms with Crippen molar-refractivity contribution >= 4 is 57.8 Å². The van der Waals surface area contributed by atoms with Gasteiger partial charge in [0, 0.05) is 27.8 Å². The Kier molecular flexibility index (Phi) is 15.9. The van der Waals surface area contributed by atoms with Crippen LogP contribution in [0.5, 0.6) is 5.75 Å². The zero-order chi connectivity index (χ0) is 53.9. The summed E-state index contributed by atoms with van der Waals surface area (Å²) < 4.78 is 16.0. The summed E-state index contributed by atoms with van der Waals surface area (Å²) in [5.74, 6) is -1.22. The monoisotopic (exact) mass is 1070 g/mol. The van der Waals surface area contributed by atoms with E-state index in [2.05, 4.69) is 47.0 Å². The van der Waals surface area contributed by atoms with Crippen molar-refractivity contribution in [2.45, 2.75) is 29.2 Å². The number of aromatic nitrogens is 1. The normalized spacial score (nSPS) is 15.4. The molecule has 390 valence electrons. The number of methoxy groups -OCH3 is 1. The Morgan fingerprint density at radius 1 is 0.705 bits per heavy atom. The number of hydrogen-bond acceptors (Lipinski definition) is 13. The van der Waals surface area contributed by atoms with Crippen LogP contribution >= 0.6 is 23.1 Å². The molecule has 7 aromatic carbocycles. The number of ether oxygens (including phenoxy) is 3. The molecule has 10 rings (SSSR count). The molecule has 78 heavy (non-hydrogen) atoms. The van der Waals surface area contributed by atoms with E-state index in [1.165, 1.54) is 34.1 Å². The molecule has 0 bridgehead atoms. The van der Waals surface area contributed by atoms with E-state index in [9.17, 15) is 14.4 Å². The standard InChI is InChI=1S/C62H52N6O8S2/c1-73-50-36-34-42(35-37-50)39-75-58(71)54-43(21-20-38-74-59(63)72)40-77-57-53(56(70)68(54)57)65-55(69)52(67-76-62(47-28-14-5-15-29-47,48-30-16-6-17-31-48)49-32-18-7-19-33-49)51-41-78-60(64-51)66-61(44-22-8-2-9-23-44,45-24-10-3-11-25-45)46-26-12-4-13-27-46/h2-37,41,53,57H,38-40H2,1H3,(H2,63,72)(H,64,66)(H,65,69)/b21-20-,67-52-/t53-,57-/m1/s1. The van der Waals surface area contributed by atoms with Crippen molar-refractivity contribution in [3.8, 4) is 5.75 Å². The number of amides is 3. The van der Waals surface area contributed by atoms with Crippen LogP contribution in [0, 0.1) is 0 Å². The molecule has 14 nitrogen and oxygen atoms in total. The summed E-state index contributed by atoms with van der Waals surface area (Å²) in [5.41, 5.74) is 8.95. The van der Waals surface area contributed by atoms with Gasteiger partial charge < -0.3 is 35.4 Å². The van der Waals surface area contributed by atoms with Crippen LogP contribution < -0.4 is 21.1 Å². The number of nitrogens with two attached hydrogens (primary N) is 1. The number of carbonyl (C=O) groups excluding carboxylic acids is 4. The van der Waals surface area contributed by atoms with Crippen molar-refractivity contribution in [1.29, 1.82) is 0 Å². The number of fused-ring (bicyclic) bond motifs is 1. The number of nitrogens with zero attached hydrogens (tertiary/aromatic N) is 3. The molecule has 3 amide bonds. The third-order valence-corrected chi connectivity index (χ3v) is 15.4. The summed E-state index contributed by atoms with van der Waals surface area (Å²) in [7, 11) is 1.56. The second-order valence-electron chi connectivity index (χ2n) is 18.0. The summed E-state index contributed by atoms with van der Waals surface area (Å²) in [6, 6.07) is 65.0. The maximum atomic E-state index is 15.3. The Bertz CT molecular complexity index is 3280. The van der Waals surface area contributed by atoms with Gasteiger partial charge >= 0.3 is 12.1 Å². The molecule has 2 aliphatic rings. The number of thioether (sulfide) groups is 1. The summed E-state index contributed by atoms with van der Waals surface area (Å²) in [6.45, 7) is -0.268. The van der Waals surface area contributed by atoms with Gasteiger partial charge in [0.05, 0.1) is 7.11 Å². The average molecular weight is 1070 g/mol. The number of thiazole rings is 1. The van der Waals surface area contributed by atoms with Crippen molar-refractivity contribution in [2.24, 2.45) is 10.9 Å². The lowest BCUT2D eigenvalue weighted by atomic mass is 9.77. The van der Waals surface area contributed by atoms with Crippen LogP contribution in [0.4, 0.5) is 9.93 Å². The molecule has 16 heteroatoms. The lowest BCUT2D eigenvalue weighted by Crippen LogP contribution is -2.71. The van der Waals surface area contributed by atoms with Gasteiger partial charge in [-0.15, -0.1) is 23.1 Å². The van der Waals surface area contributed by atoms with Gasteiger partial charge in [-0.3, -0.25) is 14.5 Å². The third-order valence-electron chi connectivity index (χ3n) is 13.3. The molecular formula is C62H52N6O8S2. The number of allylic oxidation sites excluding steroid dienone is 1. The Labute approximate surface area is 459 Å². The number of oxime groups is 1. The first-order chi connectivity index (χ1) is 38.2. The highest BCUT2D eigenvalue weighted by Crippen LogP contribution is 2.44. The van der Waals surface area contributed by atoms with Gasteiger partial charge in [0.25, 0.3) is 11.8 Å². The van der Waals surface area contributed by atoms with Gasteiger partial charge in [-0.25, -0.2) is 14.6 Å². The third kappa shape index (κ3) is 10.8. The van der Waals surface area contributed by atoms with Gasteiger partial charge in [0.2, 0.25) is 5.60 Å². The fourth-order valence-corrected chi connectivity index (χ4v) is 11.7. The van der Waals surface area contributed by atoms with Crippen molar-refractivity contribution in [3.05, 3.63) is 280 Å². The molecule has 0 aliphatic carbocycles. The maximum Gasteiger partial charge on any atom is 0.404 e. The number of carbonyl (C=O) groups is 4. The second-order valence-corrected chi connectivity index (χ2v) is 20.0. The number of rotatable bonds is 20. The fraction of sp³-hybridized carbons (Fsp3) is 0.129. The minimum atomic E-state index is -1.39. The summed E-state index contributed by atoms with van der Waals surface area (Å²) in [6.07, 6.45) is 2.14. The van der Waals surface area contributed by atoms with Gasteiger partial charge in [0.15, 0.2) is 10.8 Å². The quantitative estimate of drug-likeness (QED) is 0.0217. The Morgan fingerprint density at radius 3 is 1.69 bits per heavy atom. The minimum absolute atomic E-state index is 0.0115. The minimum Gasteiger partial charge on any atom is -0.497 e. The number of nitrogens with one attached hydrogen (secondary N) is 2. The van der Waals surface area contributed by atoms with Gasteiger partial charge in [-0.1, -0.05) is 205 Å². The Hall–Kier alpha value is -9.25. The average Bonchev–Trinajstić information content (AvgIpc) is 4.10. The first-order valence-corrected chi connectivity index (χ1v) is 26.8. The molecule has 2 aliphatic heterocycles. The zero-order valence-corrected chi connectivity index (χ0v) is 43.8. The predicted octanol–water partition coefficient (Wildman–Crippen LogP) is 10.3. The SMILES string of the molecule is COc1ccc(COC(=O)C2=C(/C=C\COC(N)=O)CS[C@@H]3[C@H](NC(=O)/C(=N\OC(c4ccccc4)(c4ccccc4)c4ccccc4)c4csc(NC(c5ccccc5)(c5ccccc5)c5ccccc5)n4)C(=O)N23)cc1. The molecule has 0 saturated carbocycles. The predicted molar refractivity (Wildman–Crippen MR) is 301 cm³/mol. The summed E-state index contributed by atoms with van der Waals surface area (Å²) in [4.78, 5) is 68.8. The first-order valence-electron chi connectivity index (χ1n) is 24.9. The smallest absolute Gasteiger partial charge is 0.404 e. The number of hydrogen-bond donors (Lipinski definition) is 3. The van der Waals surface area contributed by atoms with Crippen molar-refractivity contribution in [1.82, 2.24) is 15.2 Å². The first kappa shape index (κ1) is 52.2. The van der Waals surface area contributed by atoms with Crippen LogP contribution in [0.2, 0.25) is 0 Å². The van der Waals surface area contributed by atoms with E-state index in [1.54, 1.807) is 42.8 Å². The summed E-state index contributed by atoms with van der Waals surface area (Å²) in [5, 5.41) is 13.1. The molecule has 1 fully saturated rings. The van der Waals surface area contributed by atoms with Crippen LogP contribution in [0.1, 0.15) is 44.6 Å². The number of anilines is 1. The number of esters is 1. The zero-order valence-electron chi connectivity index (χ0n) is 42.1. The molecule has 0 radical (unpaired) electrons. The Morgan fingerprint density at radius 2 is 1.21 bits per heavy atom. The molecule has 0 unspecified atom stereocenters. The highest BCUT2D eigenvalue weighted by Gasteiger charge is 2.55. The van der Waals surface area contributed by atoms with E-state index in [1.807, 2.05) is 146 Å². The van der Waals surface area contributed by atoms with E-state index in [4.69, 9.17) is 34.9 Å². The molecule has 2 atom stereocenters. The van der Waals surface area contributed by atoms with Gasteiger partial charge in [0.1, 0.15) is 47.3 Å². The van der Waals surface area contributed by atoms with Gasteiger partial charge in [-0.05, 0) is 46.0 Å². The Balaban J connectivity index is 1.04. The summed E-state index contributed by atoms with van der Waals surface area (Å²) >= 11 is 2.61. The van der Waals surface area contributed by atoms with Crippen molar-refractivity contribution < 1.29 is 38.2 Å². The lowest BCUT2D eigenvalue weighted by Gasteiger charge is -2.49. The molecule has 1 aromatic heterocycles. The number of primary amides is 1. The van der Waals surface area contributed by atoms with Crippen molar-refractivity contribution in [3.63, 3.8) is 0 Å². The number of β-lactam (4-membered cyclic amide) rings is 1. The molecule has 0 spiro atoms. The van der Waals surface area contributed by atoms with Gasteiger partial charge in [-0.2, -0.15) is 0 Å². The van der Waals surface area contributed by atoms with Crippen molar-refractivity contribution in [2.75, 3.05) is 24.8 Å². The van der Waals surface area contributed by atoms with E-state index in [0.29, 0.717) is 22.0 Å². The maximum absolute atomic E-state index is 15.3. The van der Waals surface area contributed by atoms with E-state index >= 15 is 4.79 Å². The van der Waals surface area contributed by atoms with Crippen LogP contribution in [-0.2, 0) is 46.4 Å². The molecule has 8 aromatic rings. The largest absolute Gasteiger partial charge is 0.497 e. The highest BCUT2D eigenvalue weighted by molar-refractivity contribution is 8.00. The number of benzene rings is 7. The molecule has 3 heterocycles. The van der Waals surface area contributed by atoms with E-state index < -0.39 is 46.4 Å². The second kappa shape index (κ2) is 23.7. The van der Waals surface area contributed by atoms with Crippen LogP contribution in [0.25, 0.3) is 0 Å². The lowest BCUT2D eigenvalue weighted by molar-refractivity contribution is -0.153. The van der Waals surface area contributed by atoms with Crippen LogP contribution in [-0.4, -0.2) is 70.4 Å². The topological polar surface area (TPSA) is 184 Å². The van der Waals surface area contributed by atoms with E-state index in [0.717, 1.165) is 33.4 Å². The molecule has 4 N–H and O–H groups in total. The van der Waals surface area contributed by atoms with E-state index in [-0.39, 0.29) is 36.1 Å². The molecular weight excluding hydrogens is 1020 g/mol.